The number of hydrogen-bond donors (Lipinski definition) is 1. The predicted molar refractivity (Wildman–Crippen MR) is 60.8 cm³/mol. The minimum absolute atomic E-state index is 0.386. The zero-order valence-corrected chi connectivity index (χ0v) is 9.91. The number of hydrogen-bond acceptors (Lipinski definition) is 6. The van der Waals surface area contributed by atoms with Gasteiger partial charge in [0, 0.05) is 20.1 Å². The van der Waals surface area contributed by atoms with Crippen molar-refractivity contribution in [2.24, 2.45) is 0 Å². The molecule has 0 saturated carbocycles. The summed E-state index contributed by atoms with van der Waals surface area (Å²) in [5.74, 6) is -0.386. The molecule has 0 radical (unpaired) electrons. The molecule has 0 aliphatic carbocycles. The van der Waals surface area contributed by atoms with E-state index in [0.29, 0.717) is 29.5 Å². The van der Waals surface area contributed by atoms with Gasteiger partial charge in [0.1, 0.15) is 4.88 Å². The average Bonchev–Trinajstić information content (AvgIpc) is 2.77. The molecular weight excluding hydrogens is 230 g/mol. The molecule has 1 aromatic heterocycles. The Morgan fingerprint density at radius 2 is 2.50 bits per heavy atom. The van der Waals surface area contributed by atoms with Crippen LogP contribution in [0.2, 0.25) is 0 Å². The Balaban J connectivity index is 2.55. The highest BCUT2D eigenvalue weighted by Gasteiger charge is 2.12. The first-order chi connectivity index (χ1) is 7.69. The Kier molecular flexibility index (Phi) is 4.71. The highest BCUT2D eigenvalue weighted by molar-refractivity contribution is 7.17. The van der Waals surface area contributed by atoms with E-state index in [1.807, 2.05) is 11.9 Å². The summed E-state index contributed by atoms with van der Waals surface area (Å²) in [6.45, 7) is 1.17. The van der Waals surface area contributed by atoms with E-state index >= 15 is 0 Å². The Bertz CT molecular complexity index is 367. The molecule has 0 fully saturated rings. The van der Waals surface area contributed by atoms with Gasteiger partial charge in [0.2, 0.25) is 6.41 Å². The van der Waals surface area contributed by atoms with Crippen LogP contribution in [0.5, 0.6) is 0 Å². The number of aromatic nitrogens is 1. The van der Waals surface area contributed by atoms with E-state index in [4.69, 9.17) is 0 Å². The zero-order valence-electron chi connectivity index (χ0n) is 9.10. The van der Waals surface area contributed by atoms with Gasteiger partial charge >= 0.3 is 5.97 Å². The number of amides is 1. The molecule has 1 rings (SSSR count). The highest BCUT2D eigenvalue weighted by atomic mass is 32.1. The van der Waals surface area contributed by atoms with Crippen LogP contribution in [0.25, 0.3) is 0 Å². The van der Waals surface area contributed by atoms with Crippen LogP contribution in [0.3, 0.4) is 0 Å². The second-order valence-electron chi connectivity index (χ2n) is 2.99. The number of carbonyl (C=O) groups is 2. The summed E-state index contributed by atoms with van der Waals surface area (Å²) in [4.78, 5) is 27.6. The van der Waals surface area contributed by atoms with Crippen molar-refractivity contribution in [3.8, 4) is 0 Å². The minimum Gasteiger partial charge on any atom is -0.465 e. The fourth-order valence-corrected chi connectivity index (χ4v) is 1.84. The summed E-state index contributed by atoms with van der Waals surface area (Å²) in [6, 6.07) is 0. The third-order valence-electron chi connectivity index (χ3n) is 1.88. The van der Waals surface area contributed by atoms with Gasteiger partial charge in [0.05, 0.1) is 13.3 Å². The number of thiazole rings is 1. The first-order valence-electron chi connectivity index (χ1n) is 4.61. The van der Waals surface area contributed by atoms with Gasteiger partial charge in [-0.2, -0.15) is 0 Å². The predicted octanol–water partition coefficient (Wildman–Crippen LogP) is 0.112. The van der Waals surface area contributed by atoms with Gasteiger partial charge in [-0.15, -0.1) is 0 Å². The monoisotopic (exact) mass is 243 g/mol. The molecule has 0 atom stereocenters. The Morgan fingerprint density at radius 3 is 3.12 bits per heavy atom. The number of methoxy groups -OCH3 is 1. The minimum atomic E-state index is -0.386. The molecule has 1 heterocycles. The van der Waals surface area contributed by atoms with Crippen LogP contribution in [0.15, 0.2) is 6.20 Å². The fourth-order valence-electron chi connectivity index (χ4n) is 1.02. The average molecular weight is 243 g/mol. The first kappa shape index (κ1) is 12.4. The van der Waals surface area contributed by atoms with E-state index in [0.717, 1.165) is 0 Å². The van der Waals surface area contributed by atoms with Crippen molar-refractivity contribution in [3.05, 3.63) is 11.1 Å². The summed E-state index contributed by atoms with van der Waals surface area (Å²) >= 11 is 1.26. The number of carbonyl (C=O) groups excluding carboxylic acids is 2. The number of nitrogens with one attached hydrogen (secondary N) is 1. The van der Waals surface area contributed by atoms with E-state index in [9.17, 15) is 9.59 Å². The van der Waals surface area contributed by atoms with Crippen LogP contribution in [0.4, 0.5) is 5.13 Å². The van der Waals surface area contributed by atoms with Crippen LogP contribution in [0.1, 0.15) is 9.67 Å². The van der Waals surface area contributed by atoms with Gasteiger partial charge in [-0.1, -0.05) is 11.3 Å². The van der Waals surface area contributed by atoms with Gasteiger partial charge < -0.3 is 15.0 Å². The lowest BCUT2D eigenvalue weighted by Crippen LogP contribution is -2.28. The molecule has 0 unspecified atom stereocenters. The molecule has 0 spiro atoms. The first-order valence-corrected chi connectivity index (χ1v) is 5.43. The fraction of sp³-hybridized carbons (Fsp3) is 0.444. The summed E-state index contributed by atoms with van der Waals surface area (Å²) in [6.07, 6.45) is 2.13. The highest BCUT2D eigenvalue weighted by Crippen LogP contribution is 2.21. The van der Waals surface area contributed by atoms with Crippen LogP contribution >= 0.6 is 11.3 Å². The van der Waals surface area contributed by atoms with Crippen molar-refractivity contribution in [1.29, 1.82) is 0 Å². The Labute approximate surface area is 97.2 Å². The molecule has 0 aliphatic rings. The number of ether oxygens (including phenoxy) is 1. The van der Waals surface area contributed by atoms with Crippen molar-refractivity contribution in [2.45, 2.75) is 0 Å². The van der Waals surface area contributed by atoms with Gasteiger partial charge in [0.25, 0.3) is 0 Å². The van der Waals surface area contributed by atoms with Crippen molar-refractivity contribution in [3.63, 3.8) is 0 Å². The topological polar surface area (TPSA) is 71.5 Å². The molecule has 16 heavy (non-hydrogen) atoms. The van der Waals surface area contributed by atoms with E-state index in [2.05, 4.69) is 15.0 Å². The third kappa shape index (κ3) is 3.20. The largest absolute Gasteiger partial charge is 0.465 e. The molecule has 0 bridgehead atoms. The molecule has 1 amide bonds. The van der Waals surface area contributed by atoms with Crippen molar-refractivity contribution in [1.82, 2.24) is 10.3 Å². The summed E-state index contributed by atoms with van der Waals surface area (Å²) in [7, 11) is 3.17. The normalized spacial score (nSPS) is 9.62. The number of anilines is 1. The smallest absolute Gasteiger partial charge is 0.349 e. The number of rotatable bonds is 6. The van der Waals surface area contributed by atoms with Crippen LogP contribution in [-0.4, -0.2) is 44.6 Å². The number of likely N-dealkylation sites (N-methyl/N-ethyl adjacent to an activating group) is 1. The van der Waals surface area contributed by atoms with Gasteiger partial charge in [-0.05, 0) is 0 Å². The lowest BCUT2D eigenvalue weighted by molar-refractivity contribution is -0.109. The molecule has 0 saturated heterocycles. The molecule has 1 aromatic rings. The Morgan fingerprint density at radius 1 is 1.75 bits per heavy atom. The zero-order chi connectivity index (χ0) is 12.0. The van der Waals surface area contributed by atoms with Crippen molar-refractivity contribution in [2.75, 3.05) is 32.1 Å². The summed E-state index contributed by atoms with van der Waals surface area (Å²) in [5.41, 5.74) is 0. The maximum Gasteiger partial charge on any atom is 0.349 e. The van der Waals surface area contributed by atoms with E-state index in [1.165, 1.54) is 24.6 Å². The molecule has 6 nitrogen and oxygen atoms in total. The Hall–Kier alpha value is -1.63. The standard InChI is InChI=1S/C9H13N3O3S/c1-12(4-3-10-6-13)9-11-5-7(16-9)8(14)15-2/h5-6H,3-4H2,1-2H3,(H,10,13). The lowest BCUT2D eigenvalue weighted by Gasteiger charge is -2.14. The number of esters is 1. The van der Waals surface area contributed by atoms with Gasteiger partial charge in [-0.3, -0.25) is 4.79 Å². The van der Waals surface area contributed by atoms with E-state index in [1.54, 1.807) is 0 Å². The second-order valence-corrected chi connectivity index (χ2v) is 4.00. The molecule has 7 heteroatoms. The van der Waals surface area contributed by atoms with E-state index in [-0.39, 0.29) is 5.97 Å². The van der Waals surface area contributed by atoms with Crippen molar-refractivity contribution < 1.29 is 14.3 Å². The maximum absolute atomic E-state index is 11.2. The molecule has 88 valence electrons. The summed E-state index contributed by atoms with van der Waals surface area (Å²) in [5, 5.41) is 3.27. The molecule has 0 aliphatic heterocycles. The van der Waals surface area contributed by atoms with Crippen LogP contribution in [0, 0.1) is 0 Å². The van der Waals surface area contributed by atoms with E-state index < -0.39 is 0 Å². The van der Waals surface area contributed by atoms with Crippen molar-refractivity contribution >= 4 is 28.8 Å². The SMILES string of the molecule is COC(=O)c1cnc(N(C)CCNC=O)s1. The van der Waals surface area contributed by atoms with Crippen LogP contribution in [-0.2, 0) is 9.53 Å². The number of nitrogens with zero attached hydrogens (tertiary/aromatic N) is 2. The third-order valence-corrected chi connectivity index (χ3v) is 2.97. The summed E-state index contributed by atoms with van der Waals surface area (Å²) < 4.78 is 4.58. The quantitative estimate of drug-likeness (QED) is 0.436. The van der Waals surface area contributed by atoms with Gasteiger partial charge in [0.15, 0.2) is 5.13 Å². The molecule has 0 aromatic carbocycles. The maximum atomic E-state index is 11.2. The lowest BCUT2D eigenvalue weighted by atomic mass is 10.5. The van der Waals surface area contributed by atoms with Gasteiger partial charge in [-0.25, -0.2) is 9.78 Å². The molecular formula is C9H13N3O3S. The van der Waals surface area contributed by atoms with Crippen LogP contribution < -0.4 is 10.2 Å². The second kappa shape index (κ2) is 6.06. The molecule has 1 N–H and O–H groups in total.